The van der Waals surface area contributed by atoms with Crippen LogP contribution in [0.25, 0.3) is 0 Å². The summed E-state index contributed by atoms with van der Waals surface area (Å²) in [6.07, 6.45) is 2.68. The molecule has 2 aromatic rings. The number of aromatic nitrogens is 2. The first-order valence-electron chi connectivity index (χ1n) is 8.07. The molecule has 1 saturated carbocycles. The number of halogens is 2. The Kier molecular flexibility index (Phi) is 4.48. The van der Waals surface area contributed by atoms with E-state index in [-0.39, 0.29) is 0 Å². The van der Waals surface area contributed by atoms with Gasteiger partial charge in [0.25, 0.3) is 0 Å². The maximum Gasteiger partial charge on any atom is 0.134 e. The van der Waals surface area contributed by atoms with Crippen molar-refractivity contribution in [3.8, 4) is 0 Å². The highest BCUT2D eigenvalue weighted by Gasteiger charge is 2.38. The zero-order valence-electron chi connectivity index (χ0n) is 13.1. The van der Waals surface area contributed by atoms with Gasteiger partial charge in [-0.3, -0.25) is 0 Å². The lowest BCUT2D eigenvalue weighted by molar-refractivity contribution is 0.122. The number of hydrogen-bond donors (Lipinski definition) is 1. The Morgan fingerprint density at radius 1 is 1.08 bits per heavy atom. The monoisotopic (exact) mass is 364 g/mol. The van der Waals surface area contributed by atoms with Crippen LogP contribution in [-0.2, 0) is 4.74 Å². The SMILES string of the molecule is Clc1ccc(C2CC2Nc2cc(N3CCOCC3)ncn2)cc1Cl. The van der Waals surface area contributed by atoms with E-state index in [2.05, 4.69) is 20.2 Å². The molecule has 24 heavy (non-hydrogen) atoms. The summed E-state index contributed by atoms with van der Waals surface area (Å²) in [5, 5.41) is 4.69. The van der Waals surface area contributed by atoms with Crippen molar-refractivity contribution in [2.45, 2.75) is 18.4 Å². The number of nitrogens with one attached hydrogen (secondary N) is 1. The Balaban J connectivity index is 1.42. The van der Waals surface area contributed by atoms with Crippen LogP contribution in [0.4, 0.5) is 11.6 Å². The van der Waals surface area contributed by atoms with Crippen molar-refractivity contribution < 1.29 is 4.74 Å². The van der Waals surface area contributed by atoms with E-state index < -0.39 is 0 Å². The topological polar surface area (TPSA) is 50.3 Å². The third-order valence-electron chi connectivity index (χ3n) is 4.48. The van der Waals surface area contributed by atoms with Crippen molar-refractivity contribution in [2.75, 3.05) is 36.5 Å². The molecule has 0 spiro atoms. The standard InChI is InChI=1S/C17H18Cl2N4O/c18-13-2-1-11(7-14(13)19)12-8-15(12)22-16-9-17(21-10-20-16)23-3-5-24-6-4-23/h1-2,7,9-10,12,15H,3-6,8H2,(H,20,21,22). The van der Waals surface area contributed by atoms with Crippen LogP contribution in [-0.4, -0.2) is 42.3 Å². The number of anilines is 2. The first kappa shape index (κ1) is 15.9. The summed E-state index contributed by atoms with van der Waals surface area (Å²) in [5.41, 5.74) is 1.21. The van der Waals surface area contributed by atoms with Gasteiger partial charge in [-0.25, -0.2) is 9.97 Å². The average molecular weight is 365 g/mol. The van der Waals surface area contributed by atoms with E-state index >= 15 is 0 Å². The molecule has 1 saturated heterocycles. The van der Waals surface area contributed by atoms with Gasteiger partial charge < -0.3 is 15.0 Å². The number of hydrogen-bond acceptors (Lipinski definition) is 5. The lowest BCUT2D eigenvalue weighted by atomic mass is 10.1. The molecule has 2 heterocycles. The summed E-state index contributed by atoms with van der Waals surface area (Å²) < 4.78 is 5.39. The molecule has 126 valence electrons. The number of benzene rings is 1. The summed E-state index contributed by atoms with van der Waals surface area (Å²) >= 11 is 12.1. The minimum atomic E-state index is 0.370. The molecule has 1 aromatic carbocycles. The average Bonchev–Trinajstić information content (AvgIpc) is 3.37. The Morgan fingerprint density at radius 3 is 2.71 bits per heavy atom. The molecular weight excluding hydrogens is 347 g/mol. The Morgan fingerprint density at radius 2 is 1.92 bits per heavy atom. The molecule has 5 nitrogen and oxygen atoms in total. The van der Waals surface area contributed by atoms with Crippen LogP contribution in [0.3, 0.4) is 0 Å². The van der Waals surface area contributed by atoms with Crippen LogP contribution in [0.5, 0.6) is 0 Å². The summed E-state index contributed by atoms with van der Waals surface area (Å²) in [6.45, 7) is 3.22. The molecule has 1 aromatic heterocycles. The second-order valence-electron chi connectivity index (χ2n) is 6.13. The normalized spacial score (nSPS) is 23.2. The molecule has 0 bridgehead atoms. The van der Waals surface area contributed by atoms with E-state index in [1.165, 1.54) is 5.56 Å². The first-order chi connectivity index (χ1) is 11.7. The summed E-state index contributed by atoms with van der Waals surface area (Å²) in [7, 11) is 0. The van der Waals surface area contributed by atoms with Gasteiger partial charge in [0.15, 0.2) is 0 Å². The van der Waals surface area contributed by atoms with Crippen molar-refractivity contribution in [3.63, 3.8) is 0 Å². The molecule has 1 aliphatic heterocycles. The van der Waals surface area contributed by atoms with Crippen LogP contribution in [0, 0.1) is 0 Å². The Labute approximate surface area is 151 Å². The molecule has 2 atom stereocenters. The minimum absolute atomic E-state index is 0.370. The quantitative estimate of drug-likeness (QED) is 0.898. The molecule has 7 heteroatoms. The fourth-order valence-corrected chi connectivity index (χ4v) is 3.35. The largest absolute Gasteiger partial charge is 0.378 e. The van der Waals surface area contributed by atoms with Crippen molar-refractivity contribution in [1.82, 2.24) is 9.97 Å². The fourth-order valence-electron chi connectivity index (χ4n) is 3.05. The molecule has 0 amide bonds. The maximum absolute atomic E-state index is 6.11. The van der Waals surface area contributed by atoms with Crippen LogP contribution >= 0.6 is 23.2 Å². The van der Waals surface area contributed by atoms with Gasteiger partial charge in [0, 0.05) is 31.1 Å². The number of nitrogens with zero attached hydrogens (tertiary/aromatic N) is 3. The minimum Gasteiger partial charge on any atom is -0.378 e. The molecule has 1 N–H and O–H groups in total. The summed E-state index contributed by atoms with van der Waals surface area (Å²) in [5.74, 6) is 2.25. The van der Waals surface area contributed by atoms with E-state index in [1.807, 2.05) is 24.3 Å². The zero-order chi connectivity index (χ0) is 16.5. The predicted octanol–water partition coefficient (Wildman–Crippen LogP) is 3.59. The highest BCUT2D eigenvalue weighted by Crippen LogP contribution is 2.44. The smallest absolute Gasteiger partial charge is 0.134 e. The predicted molar refractivity (Wildman–Crippen MR) is 96.3 cm³/mol. The van der Waals surface area contributed by atoms with Gasteiger partial charge in [0.1, 0.15) is 18.0 Å². The van der Waals surface area contributed by atoms with Crippen molar-refractivity contribution >= 4 is 34.8 Å². The number of morpholine rings is 1. The first-order valence-corrected chi connectivity index (χ1v) is 8.82. The van der Waals surface area contributed by atoms with E-state index in [0.29, 0.717) is 22.0 Å². The fraction of sp³-hybridized carbons (Fsp3) is 0.412. The second kappa shape index (κ2) is 6.75. The Bertz CT molecular complexity index is 736. The summed E-state index contributed by atoms with van der Waals surface area (Å²) in [4.78, 5) is 10.9. The van der Waals surface area contributed by atoms with E-state index in [4.69, 9.17) is 27.9 Å². The third-order valence-corrected chi connectivity index (χ3v) is 5.22. The van der Waals surface area contributed by atoms with E-state index in [1.54, 1.807) is 6.33 Å². The van der Waals surface area contributed by atoms with Crippen LogP contribution in [0.1, 0.15) is 17.9 Å². The molecule has 2 aliphatic rings. The number of ether oxygens (including phenoxy) is 1. The number of rotatable bonds is 4. The van der Waals surface area contributed by atoms with Crippen LogP contribution < -0.4 is 10.2 Å². The molecule has 1 aliphatic carbocycles. The highest BCUT2D eigenvalue weighted by atomic mass is 35.5. The van der Waals surface area contributed by atoms with Gasteiger partial charge in [-0.1, -0.05) is 29.3 Å². The second-order valence-corrected chi connectivity index (χ2v) is 6.94. The van der Waals surface area contributed by atoms with Gasteiger partial charge in [-0.15, -0.1) is 0 Å². The Hall–Kier alpha value is -1.56. The van der Waals surface area contributed by atoms with Crippen molar-refractivity contribution in [3.05, 3.63) is 46.2 Å². The van der Waals surface area contributed by atoms with Crippen LogP contribution in [0.15, 0.2) is 30.6 Å². The van der Waals surface area contributed by atoms with E-state index in [9.17, 15) is 0 Å². The molecule has 0 radical (unpaired) electrons. The van der Waals surface area contributed by atoms with Gasteiger partial charge in [-0.2, -0.15) is 0 Å². The van der Waals surface area contributed by atoms with Crippen LogP contribution in [0.2, 0.25) is 10.0 Å². The highest BCUT2D eigenvalue weighted by molar-refractivity contribution is 6.42. The third kappa shape index (κ3) is 3.43. The zero-order valence-corrected chi connectivity index (χ0v) is 14.6. The van der Waals surface area contributed by atoms with Gasteiger partial charge >= 0.3 is 0 Å². The lowest BCUT2D eigenvalue weighted by Gasteiger charge is -2.27. The summed E-state index contributed by atoms with van der Waals surface area (Å²) in [6, 6.07) is 8.23. The maximum atomic E-state index is 6.11. The van der Waals surface area contributed by atoms with Gasteiger partial charge in [0.05, 0.1) is 23.3 Å². The molecular formula is C17H18Cl2N4O. The van der Waals surface area contributed by atoms with Gasteiger partial charge in [0.2, 0.25) is 0 Å². The van der Waals surface area contributed by atoms with Crippen molar-refractivity contribution in [1.29, 1.82) is 0 Å². The van der Waals surface area contributed by atoms with Crippen molar-refractivity contribution in [2.24, 2.45) is 0 Å². The molecule has 2 fully saturated rings. The van der Waals surface area contributed by atoms with E-state index in [0.717, 1.165) is 44.4 Å². The molecule has 2 unspecified atom stereocenters. The van der Waals surface area contributed by atoms with Gasteiger partial charge in [-0.05, 0) is 24.1 Å². The molecule has 4 rings (SSSR count). The lowest BCUT2D eigenvalue weighted by Crippen LogP contribution is -2.36.